The fraction of sp³-hybridized carbons (Fsp3) is 0.500. The fourth-order valence-corrected chi connectivity index (χ4v) is 8.02. The molecule has 0 aliphatic carbocycles. The zero-order chi connectivity index (χ0) is 33.2. The van der Waals surface area contributed by atoms with E-state index in [0.717, 1.165) is 92.1 Å². The summed E-state index contributed by atoms with van der Waals surface area (Å²) in [5.41, 5.74) is 2.99. The molecule has 4 aliphatic heterocycles. The highest BCUT2D eigenvalue weighted by Gasteiger charge is 2.37. The third kappa shape index (κ3) is 6.66. The molecule has 1 aromatic heterocycles. The Labute approximate surface area is 285 Å². The molecule has 48 heavy (non-hydrogen) atoms. The summed E-state index contributed by atoms with van der Waals surface area (Å²) in [6.07, 6.45) is 4.65. The fourth-order valence-electron chi connectivity index (χ4n) is 7.74. The van der Waals surface area contributed by atoms with E-state index in [0.29, 0.717) is 43.1 Å². The Morgan fingerprint density at radius 3 is 2.56 bits per heavy atom. The molecule has 0 unspecified atom stereocenters. The average molecular weight is 674 g/mol. The van der Waals surface area contributed by atoms with Gasteiger partial charge in [0.05, 0.1) is 17.3 Å². The van der Waals surface area contributed by atoms with Crippen LogP contribution in [0.1, 0.15) is 36.9 Å². The summed E-state index contributed by atoms with van der Waals surface area (Å²) < 4.78 is 26.0. The van der Waals surface area contributed by atoms with Gasteiger partial charge >= 0.3 is 6.01 Å². The maximum atomic E-state index is 13.9. The molecule has 7 rings (SSSR count). The van der Waals surface area contributed by atoms with Crippen LogP contribution in [0, 0.1) is 6.57 Å². The highest BCUT2D eigenvalue weighted by molar-refractivity contribution is 6.36. The Bertz CT molecular complexity index is 1710. The minimum Gasteiger partial charge on any atom is -0.460 e. The van der Waals surface area contributed by atoms with Crippen molar-refractivity contribution < 1.29 is 18.7 Å². The molecular weight excluding hydrogens is 633 g/mol. The van der Waals surface area contributed by atoms with E-state index in [2.05, 4.69) is 50.4 Å². The van der Waals surface area contributed by atoms with Crippen molar-refractivity contribution in [2.24, 2.45) is 0 Å². The van der Waals surface area contributed by atoms with Crippen LogP contribution in [0.25, 0.3) is 15.6 Å². The number of ether oxygens (including phenoxy) is 2. The summed E-state index contributed by atoms with van der Waals surface area (Å²) >= 11 is 6.73. The lowest BCUT2D eigenvalue weighted by atomic mass is 10.0. The molecule has 0 radical (unpaired) electrons. The Morgan fingerprint density at radius 2 is 1.81 bits per heavy atom. The lowest BCUT2D eigenvalue weighted by Crippen LogP contribution is -2.57. The minimum atomic E-state index is -1.01. The molecule has 3 aromatic rings. The molecule has 0 saturated carbocycles. The van der Waals surface area contributed by atoms with E-state index >= 15 is 0 Å². The summed E-state index contributed by atoms with van der Waals surface area (Å²) in [4.78, 5) is 34.7. The largest absolute Gasteiger partial charge is 0.460 e. The van der Waals surface area contributed by atoms with Crippen LogP contribution >= 0.6 is 11.6 Å². The summed E-state index contributed by atoms with van der Waals surface area (Å²) in [6.45, 7) is 16.7. The third-order valence-corrected chi connectivity index (χ3v) is 10.5. The number of anilines is 2. The molecule has 2 aromatic carbocycles. The van der Waals surface area contributed by atoms with Crippen LogP contribution in [0.2, 0.25) is 5.02 Å². The second-order valence-electron chi connectivity index (χ2n) is 13.1. The van der Waals surface area contributed by atoms with E-state index in [9.17, 15) is 9.18 Å². The molecule has 4 aliphatic rings. The molecule has 0 N–H and O–H groups in total. The highest BCUT2D eigenvalue weighted by Crippen LogP contribution is 2.37. The Balaban J connectivity index is 1.17. The highest BCUT2D eigenvalue weighted by atomic mass is 35.5. The lowest BCUT2D eigenvalue weighted by Gasteiger charge is -2.41. The van der Waals surface area contributed by atoms with E-state index < -0.39 is 17.8 Å². The van der Waals surface area contributed by atoms with E-state index in [1.54, 1.807) is 0 Å². The molecule has 12 heteroatoms. The Hall–Kier alpha value is -3.98. The molecule has 3 saturated heterocycles. The number of carbonyl (C=O) groups is 1. The quantitative estimate of drug-likeness (QED) is 0.248. The number of fused-ring (bicyclic) bond motifs is 2. The van der Waals surface area contributed by atoms with Gasteiger partial charge in [-0.3, -0.25) is 9.69 Å². The number of benzene rings is 2. The standard InChI is InChI=1S/C36H41ClFN7O3/c1-24(38)35(46)45-18-17-44(22-27(45)21-39-2)34-29-11-16-43(32-8-4-6-25-5-3-7-30(37)33(25)32)23-31(29)40-36(41-34)48-28-9-14-42(15-10-28)26-12-19-47-20-13-26/h3-8,26-28H,1,9-23H2/t27-/m0/s1. The van der Waals surface area contributed by atoms with Gasteiger partial charge in [0.25, 0.3) is 5.91 Å². The molecule has 5 heterocycles. The van der Waals surface area contributed by atoms with Crippen LogP contribution in [0.5, 0.6) is 6.01 Å². The van der Waals surface area contributed by atoms with Crippen molar-refractivity contribution in [1.29, 1.82) is 0 Å². The SMILES string of the molecule is [C-]#[N+]C[C@H]1CN(c2nc(OC3CCN(C4CCOCC4)CC3)nc3c2CCN(c2cccc4cccc(Cl)c24)C3)CCN1C(=O)C(=C)F. The van der Waals surface area contributed by atoms with Gasteiger partial charge in [-0.1, -0.05) is 42.4 Å². The molecule has 252 valence electrons. The topological polar surface area (TPSA) is 78.6 Å². The monoisotopic (exact) mass is 673 g/mol. The number of amides is 1. The van der Waals surface area contributed by atoms with Gasteiger partial charge in [-0.25, -0.2) is 11.0 Å². The van der Waals surface area contributed by atoms with E-state index in [1.165, 1.54) is 4.90 Å². The summed E-state index contributed by atoms with van der Waals surface area (Å²) in [5, 5.41) is 2.81. The molecular formula is C36H41ClFN7O3. The lowest BCUT2D eigenvalue weighted by molar-refractivity contribution is -0.131. The number of halogens is 2. The van der Waals surface area contributed by atoms with Crippen LogP contribution in [0.3, 0.4) is 0 Å². The van der Waals surface area contributed by atoms with E-state index in [4.69, 9.17) is 37.6 Å². The normalized spacial score (nSPS) is 21.2. The number of hydrogen-bond donors (Lipinski definition) is 0. The van der Waals surface area contributed by atoms with E-state index in [1.807, 2.05) is 12.1 Å². The molecule has 3 fully saturated rings. The third-order valence-electron chi connectivity index (χ3n) is 10.2. The molecule has 1 atom stereocenters. The maximum absolute atomic E-state index is 13.9. The number of piperidine rings is 1. The van der Waals surface area contributed by atoms with Gasteiger partial charge < -0.3 is 29.0 Å². The first-order chi connectivity index (χ1) is 23.4. The van der Waals surface area contributed by atoms with Crippen molar-refractivity contribution in [1.82, 2.24) is 19.8 Å². The number of piperazine rings is 1. The van der Waals surface area contributed by atoms with Gasteiger partial charge in [-0.05, 0) is 49.6 Å². The predicted molar refractivity (Wildman–Crippen MR) is 184 cm³/mol. The Morgan fingerprint density at radius 1 is 1.04 bits per heavy atom. The number of nitrogens with zero attached hydrogens (tertiary/aromatic N) is 7. The maximum Gasteiger partial charge on any atom is 0.318 e. The van der Waals surface area contributed by atoms with Crippen molar-refractivity contribution in [3.63, 3.8) is 0 Å². The first-order valence-corrected chi connectivity index (χ1v) is 17.3. The second-order valence-corrected chi connectivity index (χ2v) is 13.5. The summed E-state index contributed by atoms with van der Waals surface area (Å²) in [5.74, 6) is -0.995. The van der Waals surface area contributed by atoms with Gasteiger partial charge in [0.2, 0.25) is 6.54 Å². The van der Waals surface area contributed by atoms with Crippen LogP contribution in [-0.4, -0.2) is 103 Å². The van der Waals surface area contributed by atoms with Crippen molar-refractivity contribution in [2.75, 3.05) is 68.8 Å². The van der Waals surface area contributed by atoms with Gasteiger partial charge in [-0.15, -0.1) is 0 Å². The van der Waals surface area contributed by atoms with Gasteiger partial charge in [0, 0.05) is 75.2 Å². The first kappa shape index (κ1) is 32.6. The van der Waals surface area contributed by atoms with Crippen molar-refractivity contribution in [3.05, 3.63) is 76.5 Å². The van der Waals surface area contributed by atoms with Crippen LogP contribution in [0.4, 0.5) is 15.9 Å². The zero-order valence-corrected chi connectivity index (χ0v) is 27.9. The molecule has 1 amide bonds. The molecule has 10 nitrogen and oxygen atoms in total. The van der Waals surface area contributed by atoms with Gasteiger partial charge in [0.1, 0.15) is 18.0 Å². The molecule has 0 bridgehead atoms. The predicted octanol–water partition coefficient (Wildman–Crippen LogP) is 5.29. The van der Waals surface area contributed by atoms with Crippen molar-refractivity contribution >= 4 is 39.8 Å². The van der Waals surface area contributed by atoms with E-state index in [-0.39, 0.29) is 19.2 Å². The molecule has 0 spiro atoms. The summed E-state index contributed by atoms with van der Waals surface area (Å²) in [7, 11) is 0. The van der Waals surface area contributed by atoms with Crippen LogP contribution in [0.15, 0.2) is 48.8 Å². The Kier molecular flexibility index (Phi) is 9.66. The zero-order valence-electron chi connectivity index (χ0n) is 27.1. The van der Waals surface area contributed by atoms with Crippen molar-refractivity contribution in [2.45, 2.75) is 56.8 Å². The van der Waals surface area contributed by atoms with Crippen LogP contribution in [-0.2, 0) is 22.5 Å². The number of likely N-dealkylation sites (tertiary alicyclic amines) is 1. The van der Waals surface area contributed by atoms with Gasteiger partial charge in [0.15, 0.2) is 5.83 Å². The van der Waals surface area contributed by atoms with Crippen LogP contribution < -0.4 is 14.5 Å². The van der Waals surface area contributed by atoms with Gasteiger partial charge in [-0.2, -0.15) is 9.97 Å². The summed E-state index contributed by atoms with van der Waals surface area (Å²) in [6, 6.07) is 12.6. The smallest absolute Gasteiger partial charge is 0.318 e. The van der Waals surface area contributed by atoms with Crippen molar-refractivity contribution in [3.8, 4) is 6.01 Å². The first-order valence-electron chi connectivity index (χ1n) is 16.9. The number of carbonyl (C=O) groups excluding carboxylic acids is 1. The average Bonchev–Trinajstić information content (AvgIpc) is 3.11. The number of rotatable bonds is 7. The number of hydrogen-bond acceptors (Lipinski definition) is 8. The second kappa shape index (κ2) is 14.2. The minimum absolute atomic E-state index is 0.00320. The number of aromatic nitrogens is 2.